The summed E-state index contributed by atoms with van der Waals surface area (Å²) >= 11 is 0. The third kappa shape index (κ3) is 8.04. The fraction of sp³-hybridized carbons (Fsp3) is 0.469. The van der Waals surface area contributed by atoms with Crippen molar-refractivity contribution in [1.29, 1.82) is 0 Å². The Morgan fingerprint density at radius 3 is 1.45 bits per heavy atom. The van der Waals surface area contributed by atoms with Gasteiger partial charge in [-0.05, 0) is 76.9 Å². The molecule has 0 saturated carbocycles. The monoisotopic (exact) mass is 582 g/mol. The SMILES string of the molecule is CC(=O)Oc1cc(C=Cc2ccc(OC(=O)C3(C)COC(C)(C)OC3)cc2)cc(OC(=O)C2(C)COC(C)(C)OC2)c1. The highest BCUT2D eigenvalue weighted by atomic mass is 16.7. The molecule has 2 aromatic carbocycles. The lowest BCUT2D eigenvalue weighted by Gasteiger charge is -2.39. The molecule has 42 heavy (non-hydrogen) atoms. The zero-order chi connectivity index (χ0) is 30.8. The van der Waals surface area contributed by atoms with Gasteiger partial charge in [-0.2, -0.15) is 0 Å². The Bertz CT molecular complexity index is 1340. The molecule has 0 N–H and O–H groups in total. The fourth-order valence-electron chi connectivity index (χ4n) is 4.01. The summed E-state index contributed by atoms with van der Waals surface area (Å²) in [6.45, 7) is 12.6. The summed E-state index contributed by atoms with van der Waals surface area (Å²) in [5.74, 6) is -2.15. The van der Waals surface area contributed by atoms with Crippen molar-refractivity contribution in [2.24, 2.45) is 10.8 Å². The van der Waals surface area contributed by atoms with E-state index < -0.39 is 40.3 Å². The normalized spacial score (nSPS) is 20.5. The fourth-order valence-corrected chi connectivity index (χ4v) is 4.01. The quantitative estimate of drug-likeness (QED) is 0.246. The molecule has 0 bridgehead atoms. The van der Waals surface area contributed by atoms with Crippen molar-refractivity contribution < 1.29 is 47.5 Å². The summed E-state index contributed by atoms with van der Waals surface area (Å²) in [7, 11) is 0. The van der Waals surface area contributed by atoms with Crippen molar-refractivity contribution in [3.63, 3.8) is 0 Å². The van der Waals surface area contributed by atoms with E-state index in [1.807, 2.05) is 6.08 Å². The zero-order valence-electron chi connectivity index (χ0n) is 25.1. The minimum Gasteiger partial charge on any atom is -0.427 e. The van der Waals surface area contributed by atoms with Crippen LogP contribution in [0.1, 0.15) is 59.6 Å². The van der Waals surface area contributed by atoms with Crippen LogP contribution >= 0.6 is 0 Å². The first-order valence-electron chi connectivity index (χ1n) is 13.7. The van der Waals surface area contributed by atoms with Crippen LogP contribution in [0.4, 0.5) is 0 Å². The van der Waals surface area contributed by atoms with Gasteiger partial charge in [0.05, 0.1) is 26.4 Å². The maximum absolute atomic E-state index is 13.0. The van der Waals surface area contributed by atoms with Crippen LogP contribution < -0.4 is 14.2 Å². The molecule has 0 aliphatic carbocycles. The number of hydrogen-bond acceptors (Lipinski definition) is 10. The summed E-state index contributed by atoms with van der Waals surface area (Å²) in [5.41, 5.74) is -0.468. The summed E-state index contributed by atoms with van der Waals surface area (Å²) in [5, 5.41) is 0. The van der Waals surface area contributed by atoms with E-state index in [0.717, 1.165) is 5.56 Å². The second-order valence-electron chi connectivity index (χ2n) is 12.1. The van der Waals surface area contributed by atoms with E-state index in [4.69, 9.17) is 33.2 Å². The lowest BCUT2D eigenvalue weighted by atomic mass is 9.92. The molecule has 0 spiro atoms. The molecule has 4 rings (SSSR count). The summed E-state index contributed by atoms with van der Waals surface area (Å²) < 4.78 is 39.1. The van der Waals surface area contributed by atoms with Gasteiger partial charge in [-0.15, -0.1) is 0 Å². The molecule has 10 heteroatoms. The molecule has 2 aliphatic rings. The molecule has 226 valence electrons. The number of carbonyl (C=O) groups is 3. The van der Waals surface area contributed by atoms with Crippen LogP contribution in [-0.4, -0.2) is 55.9 Å². The third-order valence-corrected chi connectivity index (χ3v) is 6.87. The number of ether oxygens (including phenoxy) is 7. The maximum Gasteiger partial charge on any atom is 0.321 e. The van der Waals surface area contributed by atoms with E-state index in [-0.39, 0.29) is 37.9 Å². The van der Waals surface area contributed by atoms with Gasteiger partial charge >= 0.3 is 17.9 Å². The Balaban J connectivity index is 1.44. The Kier molecular flexibility index (Phi) is 8.94. The lowest BCUT2D eigenvalue weighted by Crippen LogP contribution is -2.50. The first-order valence-corrected chi connectivity index (χ1v) is 13.7. The number of benzene rings is 2. The van der Waals surface area contributed by atoms with E-state index in [9.17, 15) is 14.4 Å². The molecule has 2 saturated heterocycles. The van der Waals surface area contributed by atoms with Crippen molar-refractivity contribution in [2.45, 2.75) is 60.0 Å². The van der Waals surface area contributed by atoms with Crippen LogP contribution in [0.3, 0.4) is 0 Å². The molecule has 2 aliphatic heterocycles. The molecule has 0 radical (unpaired) electrons. The van der Waals surface area contributed by atoms with Crippen molar-refractivity contribution in [3.05, 3.63) is 53.6 Å². The van der Waals surface area contributed by atoms with E-state index in [2.05, 4.69) is 0 Å². The highest BCUT2D eigenvalue weighted by molar-refractivity contribution is 5.81. The van der Waals surface area contributed by atoms with Crippen LogP contribution in [0.25, 0.3) is 12.2 Å². The molecule has 2 aromatic rings. The molecular formula is C32H38O10. The Hall–Kier alpha value is -3.57. The molecule has 10 nitrogen and oxygen atoms in total. The predicted octanol–water partition coefficient (Wildman–Crippen LogP) is 5.17. The van der Waals surface area contributed by atoms with E-state index >= 15 is 0 Å². The summed E-state index contributed by atoms with van der Waals surface area (Å²) in [6, 6.07) is 11.7. The number of carbonyl (C=O) groups excluding carboxylic acids is 3. The first kappa shape index (κ1) is 31.4. The van der Waals surface area contributed by atoms with Crippen molar-refractivity contribution in [2.75, 3.05) is 26.4 Å². The average Bonchev–Trinajstić information content (AvgIpc) is 2.91. The van der Waals surface area contributed by atoms with Crippen LogP contribution in [0, 0.1) is 10.8 Å². The molecular weight excluding hydrogens is 544 g/mol. The Morgan fingerprint density at radius 1 is 0.595 bits per heavy atom. The average molecular weight is 583 g/mol. The molecule has 0 aromatic heterocycles. The van der Waals surface area contributed by atoms with E-state index in [0.29, 0.717) is 11.3 Å². The minimum absolute atomic E-state index is 0.138. The van der Waals surface area contributed by atoms with Gasteiger partial charge in [-0.3, -0.25) is 14.4 Å². The van der Waals surface area contributed by atoms with Gasteiger partial charge in [0, 0.05) is 13.0 Å². The third-order valence-electron chi connectivity index (χ3n) is 6.87. The minimum atomic E-state index is -1.00. The highest BCUT2D eigenvalue weighted by Gasteiger charge is 2.44. The highest BCUT2D eigenvalue weighted by Crippen LogP contribution is 2.33. The maximum atomic E-state index is 13.0. The molecule has 0 amide bonds. The number of hydrogen-bond donors (Lipinski definition) is 0. The van der Waals surface area contributed by atoms with Crippen LogP contribution in [0.15, 0.2) is 42.5 Å². The van der Waals surface area contributed by atoms with Crippen molar-refractivity contribution in [3.8, 4) is 17.2 Å². The first-order chi connectivity index (χ1) is 19.6. The predicted molar refractivity (Wildman–Crippen MR) is 153 cm³/mol. The molecule has 0 unspecified atom stereocenters. The van der Waals surface area contributed by atoms with Gasteiger partial charge in [0.25, 0.3) is 0 Å². The van der Waals surface area contributed by atoms with E-state index in [1.54, 1.807) is 84.0 Å². The second-order valence-corrected chi connectivity index (χ2v) is 12.1. The van der Waals surface area contributed by atoms with Crippen molar-refractivity contribution in [1.82, 2.24) is 0 Å². The van der Waals surface area contributed by atoms with E-state index in [1.165, 1.54) is 13.0 Å². The van der Waals surface area contributed by atoms with Gasteiger partial charge in [-0.25, -0.2) is 0 Å². The molecule has 2 heterocycles. The van der Waals surface area contributed by atoms with Gasteiger partial charge in [-0.1, -0.05) is 24.3 Å². The lowest BCUT2D eigenvalue weighted by molar-refractivity contribution is -0.280. The zero-order valence-corrected chi connectivity index (χ0v) is 25.1. The van der Waals surface area contributed by atoms with Gasteiger partial charge < -0.3 is 33.2 Å². The van der Waals surface area contributed by atoms with Gasteiger partial charge in [0.2, 0.25) is 0 Å². The standard InChI is InChI=1S/C32H38O10/c1-21(33)40-25-14-23(15-26(16-25)42-28(35)32(7)19-38-30(4,5)39-20-32)9-8-22-10-12-24(13-11-22)41-27(34)31(6)17-36-29(2,3)37-18-31/h8-16H,17-20H2,1-7H3. The van der Waals surface area contributed by atoms with Crippen LogP contribution in [0.2, 0.25) is 0 Å². The topological polar surface area (TPSA) is 116 Å². The largest absolute Gasteiger partial charge is 0.427 e. The van der Waals surface area contributed by atoms with Gasteiger partial charge in [0.15, 0.2) is 11.6 Å². The summed E-state index contributed by atoms with van der Waals surface area (Å²) in [4.78, 5) is 37.4. The summed E-state index contributed by atoms with van der Waals surface area (Å²) in [6.07, 6.45) is 3.60. The Morgan fingerprint density at radius 2 is 1.00 bits per heavy atom. The Labute approximate surface area is 245 Å². The van der Waals surface area contributed by atoms with Crippen LogP contribution in [0.5, 0.6) is 17.2 Å². The van der Waals surface area contributed by atoms with Crippen molar-refractivity contribution >= 4 is 30.1 Å². The number of esters is 3. The molecule has 0 atom stereocenters. The number of rotatable bonds is 7. The smallest absolute Gasteiger partial charge is 0.321 e. The van der Waals surface area contributed by atoms with Gasteiger partial charge in [0.1, 0.15) is 28.1 Å². The van der Waals surface area contributed by atoms with Crippen LogP contribution in [-0.2, 0) is 33.3 Å². The second kappa shape index (κ2) is 12.0. The molecule has 2 fully saturated rings.